The number of benzene rings is 2. The number of pyridine rings is 1. The maximum atomic E-state index is 4.97. The topological polar surface area (TPSA) is 39.6 Å². The highest BCUT2D eigenvalue weighted by Crippen LogP contribution is 2.23. The molecule has 0 atom stereocenters. The Labute approximate surface area is 177 Å². The third-order valence-corrected chi connectivity index (χ3v) is 5.80. The van der Waals surface area contributed by atoms with Crippen LogP contribution in [0.4, 0.5) is 5.82 Å². The molecule has 3 heterocycles. The molecule has 2 aromatic carbocycles. The first kappa shape index (κ1) is 18.6. The SMILES string of the molecule is c1ccc(-c2nn(-c3ccccc3)cc2C[NH+]2CCN(c3cccc[nH+]3)CC2)cc1. The first-order valence-electron chi connectivity index (χ1n) is 10.6. The van der Waals surface area contributed by atoms with E-state index in [-0.39, 0.29) is 0 Å². The summed E-state index contributed by atoms with van der Waals surface area (Å²) in [5.74, 6) is 1.21. The maximum absolute atomic E-state index is 4.97. The second-order valence-electron chi connectivity index (χ2n) is 7.81. The average Bonchev–Trinajstić information content (AvgIpc) is 3.25. The van der Waals surface area contributed by atoms with Crippen molar-refractivity contribution in [1.29, 1.82) is 0 Å². The van der Waals surface area contributed by atoms with Gasteiger partial charge < -0.3 is 4.90 Å². The van der Waals surface area contributed by atoms with Gasteiger partial charge in [0.2, 0.25) is 0 Å². The fourth-order valence-electron chi connectivity index (χ4n) is 4.18. The monoisotopic (exact) mass is 397 g/mol. The normalized spacial score (nSPS) is 14.7. The number of hydrogen-bond acceptors (Lipinski definition) is 2. The van der Waals surface area contributed by atoms with Crippen LogP contribution >= 0.6 is 0 Å². The Bertz CT molecular complexity index is 1070. The predicted octanol–water partition coefficient (Wildman–Crippen LogP) is 2.26. The number of quaternary nitrogens is 1. The van der Waals surface area contributed by atoms with E-state index in [1.807, 2.05) is 23.0 Å². The lowest BCUT2D eigenvalue weighted by atomic mass is 10.1. The molecule has 150 valence electrons. The van der Waals surface area contributed by atoms with Crippen molar-refractivity contribution >= 4 is 5.82 Å². The number of aromatic amines is 1. The molecule has 2 aromatic heterocycles. The number of piperazine rings is 1. The van der Waals surface area contributed by atoms with Crippen molar-refractivity contribution in [3.8, 4) is 16.9 Å². The molecule has 0 saturated carbocycles. The van der Waals surface area contributed by atoms with Crippen molar-refractivity contribution in [3.63, 3.8) is 0 Å². The van der Waals surface area contributed by atoms with Crippen LogP contribution in [0, 0.1) is 0 Å². The van der Waals surface area contributed by atoms with E-state index in [0.29, 0.717) is 0 Å². The van der Waals surface area contributed by atoms with Crippen LogP contribution in [0.15, 0.2) is 91.3 Å². The lowest BCUT2D eigenvalue weighted by Crippen LogP contribution is -3.13. The molecule has 30 heavy (non-hydrogen) atoms. The van der Waals surface area contributed by atoms with E-state index in [2.05, 4.69) is 82.8 Å². The smallest absolute Gasteiger partial charge is 0.274 e. The van der Waals surface area contributed by atoms with Gasteiger partial charge in [0.25, 0.3) is 5.82 Å². The largest absolute Gasteiger partial charge is 0.325 e. The summed E-state index contributed by atoms with van der Waals surface area (Å²) in [6, 6.07) is 27.2. The molecule has 1 aliphatic rings. The van der Waals surface area contributed by atoms with E-state index >= 15 is 0 Å². The van der Waals surface area contributed by atoms with E-state index in [1.54, 1.807) is 4.90 Å². The van der Waals surface area contributed by atoms with E-state index in [0.717, 1.165) is 44.1 Å². The second kappa shape index (κ2) is 8.51. The minimum absolute atomic E-state index is 0.989. The molecule has 5 rings (SSSR count). The Morgan fingerprint density at radius 1 is 0.833 bits per heavy atom. The van der Waals surface area contributed by atoms with Crippen molar-refractivity contribution in [1.82, 2.24) is 9.78 Å². The Morgan fingerprint density at radius 3 is 2.23 bits per heavy atom. The van der Waals surface area contributed by atoms with Crippen molar-refractivity contribution in [2.45, 2.75) is 6.54 Å². The fraction of sp³-hybridized carbons (Fsp3) is 0.200. The standard InChI is InChI=1S/C25H25N5/c1-3-9-21(10-4-1)25-22(20-30(27-25)23-11-5-2-6-12-23)19-28-15-17-29(18-16-28)24-13-7-8-14-26-24/h1-14,20H,15-19H2/p+2. The second-order valence-corrected chi connectivity index (χ2v) is 7.81. The van der Waals surface area contributed by atoms with Crippen LogP contribution in [0.5, 0.6) is 0 Å². The molecule has 0 amide bonds. The van der Waals surface area contributed by atoms with Crippen LogP contribution in [0.2, 0.25) is 0 Å². The third-order valence-electron chi connectivity index (χ3n) is 5.80. The maximum Gasteiger partial charge on any atom is 0.274 e. The number of hydrogen-bond donors (Lipinski definition) is 1. The summed E-state index contributed by atoms with van der Waals surface area (Å²) < 4.78 is 2.02. The number of rotatable bonds is 5. The molecule has 1 fully saturated rings. The summed E-state index contributed by atoms with van der Waals surface area (Å²) in [4.78, 5) is 7.40. The van der Waals surface area contributed by atoms with Gasteiger partial charge in [0.1, 0.15) is 38.4 Å². The van der Waals surface area contributed by atoms with Gasteiger partial charge in [-0.1, -0.05) is 54.6 Å². The highest BCUT2D eigenvalue weighted by atomic mass is 15.3. The summed E-state index contributed by atoms with van der Waals surface area (Å²) >= 11 is 0. The molecule has 1 aliphatic heterocycles. The average molecular weight is 398 g/mol. The summed E-state index contributed by atoms with van der Waals surface area (Å²) in [6.45, 7) is 5.34. The van der Waals surface area contributed by atoms with Gasteiger partial charge in [0.05, 0.1) is 17.4 Å². The molecule has 4 aromatic rings. The number of H-pyrrole nitrogens is 1. The van der Waals surface area contributed by atoms with Crippen LogP contribution < -0.4 is 14.8 Å². The molecular formula is C25H27N5+2. The molecule has 0 aliphatic carbocycles. The summed E-state index contributed by atoms with van der Waals surface area (Å²) in [5.41, 5.74) is 4.67. The van der Waals surface area contributed by atoms with Gasteiger partial charge in [0, 0.05) is 17.8 Å². The van der Waals surface area contributed by atoms with Crippen molar-refractivity contribution in [2.24, 2.45) is 0 Å². The van der Waals surface area contributed by atoms with Crippen LogP contribution in [0.1, 0.15) is 5.56 Å². The number of nitrogens with one attached hydrogen (secondary N) is 2. The van der Waals surface area contributed by atoms with Gasteiger partial charge in [-0.3, -0.25) is 4.90 Å². The van der Waals surface area contributed by atoms with Gasteiger partial charge in [-0.2, -0.15) is 5.10 Å². The molecule has 0 unspecified atom stereocenters. The van der Waals surface area contributed by atoms with Crippen LogP contribution in [-0.2, 0) is 6.54 Å². The summed E-state index contributed by atoms with van der Waals surface area (Å²) in [6.07, 6.45) is 4.21. The Morgan fingerprint density at radius 2 is 1.53 bits per heavy atom. The van der Waals surface area contributed by atoms with E-state index < -0.39 is 0 Å². The first-order chi connectivity index (χ1) is 14.9. The lowest BCUT2D eigenvalue weighted by molar-refractivity contribution is -0.914. The highest BCUT2D eigenvalue weighted by Gasteiger charge is 2.27. The Hall–Kier alpha value is -3.44. The zero-order valence-corrected chi connectivity index (χ0v) is 17.0. The number of aromatic nitrogens is 3. The van der Waals surface area contributed by atoms with Gasteiger partial charge in [-0.25, -0.2) is 9.67 Å². The van der Waals surface area contributed by atoms with Gasteiger partial charge >= 0.3 is 0 Å². The van der Waals surface area contributed by atoms with E-state index in [4.69, 9.17) is 5.10 Å². The van der Waals surface area contributed by atoms with Crippen molar-refractivity contribution in [3.05, 3.63) is 96.8 Å². The highest BCUT2D eigenvalue weighted by molar-refractivity contribution is 5.63. The lowest BCUT2D eigenvalue weighted by Gasteiger charge is -2.28. The minimum atomic E-state index is 0.989. The van der Waals surface area contributed by atoms with Crippen molar-refractivity contribution < 1.29 is 9.88 Å². The molecule has 0 bridgehead atoms. The Balaban J connectivity index is 1.37. The quantitative estimate of drug-likeness (QED) is 0.561. The summed E-state index contributed by atoms with van der Waals surface area (Å²) in [5, 5.41) is 4.97. The van der Waals surface area contributed by atoms with Crippen molar-refractivity contribution in [2.75, 3.05) is 31.1 Å². The van der Waals surface area contributed by atoms with Gasteiger partial charge in [-0.05, 0) is 18.2 Å². The zero-order chi connectivity index (χ0) is 20.2. The molecular weight excluding hydrogens is 370 g/mol. The van der Waals surface area contributed by atoms with Gasteiger partial charge in [-0.15, -0.1) is 0 Å². The zero-order valence-electron chi connectivity index (χ0n) is 17.0. The van der Waals surface area contributed by atoms with Crippen LogP contribution in [-0.4, -0.2) is 36.0 Å². The molecule has 1 saturated heterocycles. The van der Waals surface area contributed by atoms with Crippen LogP contribution in [0.3, 0.4) is 0 Å². The molecule has 0 radical (unpaired) electrons. The minimum Gasteiger partial charge on any atom is -0.325 e. The van der Waals surface area contributed by atoms with E-state index in [9.17, 15) is 0 Å². The van der Waals surface area contributed by atoms with E-state index in [1.165, 1.54) is 16.9 Å². The van der Waals surface area contributed by atoms with Gasteiger partial charge in [0.15, 0.2) is 0 Å². The number of anilines is 1. The molecule has 2 N–H and O–H groups in total. The van der Waals surface area contributed by atoms with Crippen LogP contribution in [0.25, 0.3) is 16.9 Å². The third kappa shape index (κ3) is 3.98. The molecule has 5 nitrogen and oxygen atoms in total. The Kier molecular flexibility index (Phi) is 5.27. The number of para-hydroxylation sites is 1. The number of nitrogens with zero attached hydrogens (tertiary/aromatic N) is 3. The summed E-state index contributed by atoms with van der Waals surface area (Å²) in [7, 11) is 0. The molecule has 5 heteroatoms. The predicted molar refractivity (Wildman–Crippen MR) is 119 cm³/mol. The molecule has 0 spiro atoms. The first-order valence-corrected chi connectivity index (χ1v) is 10.6. The fourth-order valence-corrected chi connectivity index (χ4v) is 4.18.